The predicted octanol–water partition coefficient (Wildman–Crippen LogP) is 4.21. The molecule has 2 rings (SSSR count). The molecule has 5 nitrogen and oxygen atoms in total. The first kappa shape index (κ1) is 20.2. The molecule has 0 radical (unpaired) electrons. The van der Waals surface area contributed by atoms with Gasteiger partial charge in [0.25, 0.3) is 0 Å². The highest BCUT2D eigenvalue weighted by molar-refractivity contribution is 7.90. The minimum atomic E-state index is -1.17. The maximum Gasteiger partial charge on any atom is 0.188 e. The maximum atomic E-state index is 12.4. The number of aryl methyl sites for hydroxylation is 1. The Bertz CT molecular complexity index is 698. The number of hydrogen-bond donors (Lipinski definition) is 1. The lowest BCUT2D eigenvalue weighted by molar-refractivity contribution is 0.0502. The first-order valence-corrected chi connectivity index (χ1v) is 10.1. The van der Waals surface area contributed by atoms with Crippen LogP contribution in [0, 0.1) is 6.92 Å². The van der Waals surface area contributed by atoms with Gasteiger partial charge in [0.15, 0.2) is 6.79 Å². The van der Waals surface area contributed by atoms with Crippen LogP contribution in [0.25, 0.3) is 10.4 Å². The zero-order valence-corrected chi connectivity index (χ0v) is 17.2. The van der Waals surface area contributed by atoms with Gasteiger partial charge in [0.2, 0.25) is 0 Å². The van der Waals surface area contributed by atoms with Crippen molar-refractivity contribution in [2.24, 2.45) is 0 Å². The molecule has 0 aliphatic rings. The first-order chi connectivity index (χ1) is 11.7. The molecule has 1 aromatic heterocycles. The number of ether oxygens (including phenoxy) is 2. The van der Waals surface area contributed by atoms with Crippen LogP contribution in [0.15, 0.2) is 23.7 Å². The average molecular weight is 383 g/mol. The smallest absolute Gasteiger partial charge is 0.188 e. The van der Waals surface area contributed by atoms with Gasteiger partial charge in [0.05, 0.1) is 22.1 Å². The number of nitrogens with zero attached hydrogens (tertiary/aromatic N) is 1. The number of benzene rings is 1. The third-order valence-electron chi connectivity index (χ3n) is 3.66. The minimum Gasteiger partial charge on any atom is -0.598 e. The summed E-state index contributed by atoms with van der Waals surface area (Å²) >= 11 is 0.436. The molecule has 0 saturated carbocycles. The maximum absolute atomic E-state index is 12.4. The third kappa shape index (κ3) is 5.18. The minimum absolute atomic E-state index is 0.122. The number of nitrogens with one attached hydrogen (secondary N) is 1. The van der Waals surface area contributed by atoms with Crippen molar-refractivity contribution < 1.29 is 14.0 Å². The SMILES string of the molecule is COCOc1cc(-c2scnc2C)ccc1C(C)N[S+]([O-])C(C)(C)C. The van der Waals surface area contributed by atoms with E-state index >= 15 is 0 Å². The Morgan fingerprint density at radius 3 is 2.64 bits per heavy atom. The van der Waals surface area contributed by atoms with Crippen molar-refractivity contribution >= 4 is 22.7 Å². The van der Waals surface area contributed by atoms with E-state index in [4.69, 9.17) is 9.47 Å². The fourth-order valence-electron chi connectivity index (χ4n) is 2.26. The summed E-state index contributed by atoms with van der Waals surface area (Å²) in [4.78, 5) is 5.43. The van der Waals surface area contributed by atoms with Crippen molar-refractivity contribution in [3.8, 4) is 16.2 Å². The van der Waals surface area contributed by atoms with Crippen LogP contribution in [0.5, 0.6) is 5.75 Å². The van der Waals surface area contributed by atoms with Crippen LogP contribution in [0.2, 0.25) is 0 Å². The lowest BCUT2D eigenvalue weighted by atomic mass is 10.0. The number of hydrogen-bond acceptors (Lipinski definition) is 6. The Hall–Kier alpha value is -1.12. The molecule has 0 saturated heterocycles. The lowest BCUT2D eigenvalue weighted by Crippen LogP contribution is -2.40. The van der Waals surface area contributed by atoms with E-state index in [0.717, 1.165) is 27.4 Å². The van der Waals surface area contributed by atoms with Crippen LogP contribution in [-0.4, -0.2) is 28.2 Å². The van der Waals surface area contributed by atoms with Crippen LogP contribution in [0.4, 0.5) is 0 Å². The number of thiazole rings is 1. The first-order valence-electron chi connectivity index (χ1n) is 8.08. The molecule has 1 heterocycles. The molecule has 0 aliphatic heterocycles. The monoisotopic (exact) mass is 382 g/mol. The van der Waals surface area contributed by atoms with Gasteiger partial charge in [-0.15, -0.1) is 16.1 Å². The van der Waals surface area contributed by atoms with E-state index in [1.165, 1.54) is 0 Å². The van der Waals surface area contributed by atoms with Crippen molar-refractivity contribution in [1.29, 1.82) is 0 Å². The zero-order chi connectivity index (χ0) is 18.6. The molecular weight excluding hydrogens is 356 g/mol. The summed E-state index contributed by atoms with van der Waals surface area (Å²) in [6.07, 6.45) is 0. The van der Waals surface area contributed by atoms with Crippen LogP contribution in [0.3, 0.4) is 0 Å². The van der Waals surface area contributed by atoms with Crippen LogP contribution in [-0.2, 0) is 16.1 Å². The number of aromatic nitrogens is 1. The molecule has 0 fully saturated rings. The molecule has 25 heavy (non-hydrogen) atoms. The second-order valence-corrected chi connectivity index (χ2v) is 9.64. The van der Waals surface area contributed by atoms with Gasteiger partial charge in [-0.25, -0.2) is 4.98 Å². The van der Waals surface area contributed by atoms with E-state index in [2.05, 4.69) is 9.71 Å². The third-order valence-corrected chi connectivity index (χ3v) is 6.32. The van der Waals surface area contributed by atoms with Crippen molar-refractivity contribution in [2.45, 2.75) is 45.4 Å². The van der Waals surface area contributed by atoms with Gasteiger partial charge in [-0.1, -0.05) is 12.1 Å². The zero-order valence-electron chi connectivity index (χ0n) is 15.6. The normalized spacial score (nSPS) is 14.4. The molecule has 2 aromatic rings. The topological polar surface area (TPSA) is 66.4 Å². The van der Waals surface area contributed by atoms with Crippen LogP contribution < -0.4 is 9.46 Å². The highest BCUT2D eigenvalue weighted by atomic mass is 32.2. The van der Waals surface area contributed by atoms with Crippen molar-refractivity contribution in [3.05, 3.63) is 35.0 Å². The lowest BCUT2D eigenvalue weighted by Gasteiger charge is -2.27. The fourth-order valence-corrected chi connectivity index (χ4v) is 3.86. The summed E-state index contributed by atoms with van der Waals surface area (Å²) in [5.41, 5.74) is 4.83. The van der Waals surface area contributed by atoms with Gasteiger partial charge in [-0.3, -0.25) is 0 Å². The summed E-state index contributed by atoms with van der Waals surface area (Å²) in [5, 5.41) is 0. The predicted molar refractivity (Wildman–Crippen MR) is 104 cm³/mol. The van der Waals surface area contributed by atoms with Gasteiger partial charge in [-0.2, -0.15) is 0 Å². The second-order valence-electron chi connectivity index (χ2n) is 6.79. The van der Waals surface area contributed by atoms with E-state index < -0.39 is 11.4 Å². The Morgan fingerprint density at radius 1 is 1.36 bits per heavy atom. The Kier molecular flexibility index (Phi) is 6.87. The van der Waals surface area contributed by atoms with E-state index in [9.17, 15) is 4.55 Å². The Morgan fingerprint density at radius 2 is 2.08 bits per heavy atom. The van der Waals surface area contributed by atoms with E-state index in [-0.39, 0.29) is 17.6 Å². The molecule has 7 heteroatoms. The summed E-state index contributed by atoms with van der Waals surface area (Å²) in [6, 6.07) is 5.93. The van der Waals surface area contributed by atoms with E-state index in [1.807, 2.05) is 58.3 Å². The number of rotatable bonds is 7. The van der Waals surface area contributed by atoms with Crippen molar-refractivity contribution in [2.75, 3.05) is 13.9 Å². The molecule has 1 aromatic carbocycles. The van der Waals surface area contributed by atoms with Crippen molar-refractivity contribution in [3.63, 3.8) is 0 Å². The van der Waals surface area contributed by atoms with E-state index in [1.54, 1.807) is 18.4 Å². The number of methoxy groups -OCH3 is 1. The summed E-state index contributed by atoms with van der Waals surface area (Å²) in [6.45, 7) is 9.97. The summed E-state index contributed by atoms with van der Waals surface area (Å²) in [5.74, 6) is 0.720. The molecule has 0 spiro atoms. The van der Waals surface area contributed by atoms with E-state index in [0.29, 0.717) is 0 Å². The standard InChI is InChI=1S/C18H26N2O3S2/c1-12(20-25(21)18(3,4)5)15-8-7-14(9-16(15)23-11-22-6)17-13(2)19-10-24-17/h7-10,12,20H,11H2,1-6H3. The Labute approximate surface area is 157 Å². The molecule has 2 unspecified atom stereocenters. The molecule has 2 atom stereocenters. The molecule has 138 valence electrons. The summed E-state index contributed by atoms with van der Waals surface area (Å²) < 4.78 is 26.1. The van der Waals surface area contributed by atoms with Gasteiger partial charge in [0, 0.05) is 24.0 Å². The molecular formula is C18H26N2O3S2. The molecule has 0 bridgehead atoms. The Balaban J connectivity index is 2.31. The molecule has 0 aliphatic carbocycles. The van der Waals surface area contributed by atoms with Gasteiger partial charge < -0.3 is 14.0 Å². The second kappa shape index (κ2) is 8.51. The molecule has 1 N–H and O–H groups in total. The van der Waals surface area contributed by atoms with Crippen LogP contribution in [0.1, 0.15) is 45.0 Å². The van der Waals surface area contributed by atoms with Crippen LogP contribution >= 0.6 is 11.3 Å². The van der Waals surface area contributed by atoms with Gasteiger partial charge in [-0.05, 0) is 46.2 Å². The van der Waals surface area contributed by atoms with Crippen molar-refractivity contribution in [1.82, 2.24) is 9.71 Å². The largest absolute Gasteiger partial charge is 0.598 e. The molecule has 0 amide bonds. The quantitative estimate of drug-likeness (QED) is 0.574. The average Bonchev–Trinajstić information content (AvgIpc) is 2.97. The van der Waals surface area contributed by atoms with Gasteiger partial charge >= 0.3 is 0 Å². The highest BCUT2D eigenvalue weighted by Crippen LogP contribution is 2.34. The van der Waals surface area contributed by atoms with Gasteiger partial charge in [0.1, 0.15) is 10.5 Å². The highest BCUT2D eigenvalue weighted by Gasteiger charge is 2.29. The summed E-state index contributed by atoms with van der Waals surface area (Å²) in [7, 11) is 1.59. The fraction of sp³-hybridized carbons (Fsp3) is 0.500.